The number of rotatable bonds is 6. The average Bonchev–Trinajstić information content (AvgIpc) is 2.36. The van der Waals surface area contributed by atoms with Gasteiger partial charge in [0.15, 0.2) is 5.96 Å². The number of sulfonamides is 1. The van der Waals surface area contributed by atoms with Crippen molar-refractivity contribution in [3.63, 3.8) is 0 Å². The number of hydrogen-bond acceptors (Lipinski definition) is 4. The van der Waals surface area contributed by atoms with Crippen LogP contribution in [0.1, 0.15) is 33.1 Å². The van der Waals surface area contributed by atoms with Gasteiger partial charge in [-0.3, -0.25) is 9.79 Å². The van der Waals surface area contributed by atoms with Crippen LogP contribution in [-0.2, 0) is 14.8 Å². The van der Waals surface area contributed by atoms with Crippen molar-refractivity contribution >= 4 is 21.9 Å². The number of likely N-dealkylation sites (tertiary alicyclic amines) is 1. The molecule has 134 valence electrons. The first-order chi connectivity index (χ1) is 10.5. The molecule has 0 radical (unpaired) electrons. The van der Waals surface area contributed by atoms with E-state index in [0.717, 1.165) is 32.2 Å². The fourth-order valence-corrected chi connectivity index (χ4v) is 3.95. The third-order valence-corrected chi connectivity index (χ3v) is 4.59. The SMILES string of the molecule is CN=C(NCC(C)(C)NS(C)(=O)=O)N1CCCC(CC(N)=O)C1. The van der Waals surface area contributed by atoms with Crippen LogP contribution in [0.4, 0.5) is 0 Å². The van der Waals surface area contributed by atoms with E-state index in [9.17, 15) is 13.2 Å². The molecule has 23 heavy (non-hydrogen) atoms. The van der Waals surface area contributed by atoms with Gasteiger partial charge in [0, 0.05) is 38.6 Å². The van der Waals surface area contributed by atoms with Crippen molar-refractivity contribution in [1.29, 1.82) is 0 Å². The number of primary amides is 1. The predicted molar refractivity (Wildman–Crippen MR) is 91.5 cm³/mol. The fraction of sp³-hybridized carbons (Fsp3) is 0.857. The number of aliphatic imine (C=N–C) groups is 1. The minimum Gasteiger partial charge on any atom is -0.370 e. The van der Waals surface area contributed by atoms with Crippen LogP contribution in [0.15, 0.2) is 4.99 Å². The van der Waals surface area contributed by atoms with E-state index in [-0.39, 0.29) is 11.8 Å². The third kappa shape index (κ3) is 7.65. The summed E-state index contributed by atoms with van der Waals surface area (Å²) in [5.74, 6) is 0.669. The van der Waals surface area contributed by atoms with Gasteiger partial charge in [-0.05, 0) is 32.6 Å². The van der Waals surface area contributed by atoms with Crippen LogP contribution in [0.5, 0.6) is 0 Å². The molecule has 1 amide bonds. The Morgan fingerprint density at radius 2 is 2.09 bits per heavy atom. The quantitative estimate of drug-likeness (QED) is 0.441. The molecule has 0 spiro atoms. The highest BCUT2D eigenvalue weighted by molar-refractivity contribution is 7.88. The number of carbonyl (C=O) groups is 1. The Morgan fingerprint density at radius 1 is 1.43 bits per heavy atom. The molecule has 0 aliphatic carbocycles. The maximum Gasteiger partial charge on any atom is 0.217 e. The van der Waals surface area contributed by atoms with Crippen LogP contribution in [0.25, 0.3) is 0 Å². The second-order valence-corrected chi connectivity index (χ2v) is 8.53. The molecule has 1 aliphatic rings. The molecule has 1 aliphatic heterocycles. The van der Waals surface area contributed by atoms with E-state index in [1.54, 1.807) is 20.9 Å². The van der Waals surface area contributed by atoms with E-state index >= 15 is 0 Å². The summed E-state index contributed by atoms with van der Waals surface area (Å²) in [5, 5.41) is 3.21. The van der Waals surface area contributed by atoms with Gasteiger partial charge in [0.25, 0.3) is 0 Å². The highest BCUT2D eigenvalue weighted by atomic mass is 32.2. The largest absolute Gasteiger partial charge is 0.370 e. The van der Waals surface area contributed by atoms with E-state index in [1.165, 1.54) is 0 Å². The number of nitrogens with two attached hydrogens (primary N) is 1. The average molecular weight is 347 g/mol. The molecule has 8 nitrogen and oxygen atoms in total. The molecular weight excluding hydrogens is 318 g/mol. The van der Waals surface area contributed by atoms with Crippen LogP contribution in [0, 0.1) is 5.92 Å². The molecule has 1 rings (SSSR count). The molecule has 1 heterocycles. The Labute approximate surface area is 138 Å². The van der Waals surface area contributed by atoms with E-state index < -0.39 is 15.6 Å². The molecule has 4 N–H and O–H groups in total. The molecule has 1 saturated heterocycles. The van der Waals surface area contributed by atoms with Gasteiger partial charge in [0.2, 0.25) is 15.9 Å². The Kier molecular flexibility index (Phi) is 6.82. The van der Waals surface area contributed by atoms with Gasteiger partial charge in [-0.1, -0.05) is 0 Å². The van der Waals surface area contributed by atoms with E-state index in [2.05, 4.69) is 19.9 Å². The van der Waals surface area contributed by atoms with Crippen molar-refractivity contribution in [2.45, 2.75) is 38.6 Å². The number of hydrogen-bond donors (Lipinski definition) is 3. The first-order valence-corrected chi connectivity index (χ1v) is 9.64. The lowest BCUT2D eigenvalue weighted by atomic mass is 9.95. The Hall–Kier alpha value is -1.35. The minimum absolute atomic E-state index is 0.238. The molecule has 1 unspecified atom stereocenters. The van der Waals surface area contributed by atoms with Crippen molar-refractivity contribution < 1.29 is 13.2 Å². The fourth-order valence-electron chi connectivity index (χ4n) is 2.88. The molecule has 0 saturated carbocycles. The third-order valence-electron chi connectivity index (χ3n) is 3.67. The molecule has 1 atom stereocenters. The smallest absolute Gasteiger partial charge is 0.217 e. The minimum atomic E-state index is -3.28. The second-order valence-electron chi connectivity index (χ2n) is 6.78. The van der Waals surface area contributed by atoms with E-state index in [4.69, 9.17) is 5.73 Å². The molecule has 0 aromatic heterocycles. The lowest BCUT2D eigenvalue weighted by molar-refractivity contribution is -0.119. The maximum atomic E-state index is 11.4. The highest BCUT2D eigenvalue weighted by Gasteiger charge is 2.26. The van der Waals surface area contributed by atoms with Crippen LogP contribution in [-0.4, -0.2) is 63.7 Å². The van der Waals surface area contributed by atoms with Crippen molar-refractivity contribution in [3.8, 4) is 0 Å². The summed E-state index contributed by atoms with van der Waals surface area (Å²) in [5.41, 5.74) is 4.65. The summed E-state index contributed by atoms with van der Waals surface area (Å²) in [4.78, 5) is 17.5. The zero-order chi connectivity index (χ0) is 17.7. The van der Waals surface area contributed by atoms with Crippen LogP contribution in [0.2, 0.25) is 0 Å². The van der Waals surface area contributed by atoms with Crippen molar-refractivity contribution in [1.82, 2.24) is 14.9 Å². The first-order valence-electron chi connectivity index (χ1n) is 7.75. The van der Waals surface area contributed by atoms with Gasteiger partial charge in [-0.25, -0.2) is 13.1 Å². The molecular formula is C14H29N5O3S. The number of piperidine rings is 1. The standard InChI is InChI=1S/C14H29N5O3S/c1-14(2,18-23(4,21)22)10-17-13(16-3)19-7-5-6-11(9-19)8-12(15)20/h11,18H,5-10H2,1-4H3,(H2,15,20)(H,16,17). The van der Waals surface area contributed by atoms with Crippen LogP contribution < -0.4 is 15.8 Å². The van der Waals surface area contributed by atoms with Gasteiger partial charge < -0.3 is 16.0 Å². The molecule has 0 aromatic carbocycles. The summed E-state index contributed by atoms with van der Waals surface area (Å²) in [6.07, 6.45) is 3.48. The Morgan fingerprint density at radius 3 is 2.61 bits per heavy atom. The Balaban J connectivity index is 2.61. The normalized spacial score (nSPS) is 20.4. The second kappa shape index (κ2) is 7.96. The number of amides is 1. The zero-order valence-corrected chi connectivity index (χ0v) is 15.2. The number of carbonyl (C=O) groups excluding carboxylic acids is 1. The lowest BCUT2D eigenvalue weighted by Gasteiger charge is -2.36. The zero-order valence-electron chi connectivity index (χ0n) is 14.4. The summed E-state index contributed by atoms with van der Waals surface area (Å²) >= 11 is 0. The lowest BCUT2D eigenvalue weighted by Crippen LogP contribution is -2.54. The molecule has 0 bridgehead atoms. The van der Waals surface area contributed by atoms with Gasteiger partial charge in [-0.15, -0.1) is 0 Å². The molecule has 9 heteroatoms. The monoisotopic (exact) mass is 347 g/mol. The maximum absolute atomic E-state index is 11.4. The number of nitrogens with one attached hydrogen (secondary N) is 2. The number of guanidine groups is 1. The van der Waals surface area contributed by atoms with Crippen LogP contribution >= 0.6 is 0 Å². The predicted octanol–water partition coefficient (Wildman–Crippen LogP) is -0.523. The first kappa shape index (κ1) is 19.7. The molecule has 0 aromatic rings. The Bertz CT molecular complexity index is 545. The van der Waals surface area contributed by atoms with Crippen LogP contribution in [0.3, 0.4) is 0 Å². The topological polar surface area (TPSA) is 117 Å². The summed E-state index contributed by atoms with van der Waals surface area (Å²) in [6.45, 7) is 5.60. The number of nitrogens with zero attached hydrogens (tertiary/aromatic N) is 2. The van der Waals surface area contributed by atoms with Gasteiger partial charge in [-0.2, -0.15) is 0 Å². The summed E-state index contributed by atoms with van der Waals surface area (Å²) < 4.78 is 25.4. The van der Waals surface area contributed by atoms with Gasteiger partial charge in [0.05, 0.1) is 6.26 Å². The van der Waals surface area contributed by atoms with Crippen molar-refractivity contribution in [3.05, 3.63) is 0 Å². The van der Waals surface area contributed by atoms with E-state index in [0.29, 0.717) is 18.9 Å². The van der Waals surface area contributed by atoms with Gasteiger partial charge in [0.1, 0.15) is 0 Å². The van der Waals surface area contributed by atoms with E-state index in [1.807, 2.05) is 0 Å². The van der Waals surface area contributed by atoms with Crippen molar-refractivity contribution in [2.75, 3.05) is 32.9 Å². The highest BCUT2D eigenvalue weighted by Crippen LogP contribution is 2.19. The summed E-state index contributed by atoms with van der Waals surface area (Å²) in [6, 6.07) is 0. The van der Waals surface area contributed by atoms with Gasteiger partial charge >= 0.3 is 0 Å². The molecule has 1 fully saturated rings. The summed E-state index contributed by atoms with van der Waals surface area (Å²) in [7, 11) is -1.59. The van der Waals surface area contributed by atoms with Crippen molar-refractivity contribution in [2.24, 2.45) is 16.6 Å².